The van der Waals surface area contributed by atoms with Gasteiger partial charge in [-0.15, -0.1) is 0 Å². The molecule has 0 aliphatic carbocycles. The van der Waals surface area contributed by atoms with E-state index in [4.69, 9.17) is 9.47 Å². The fraction of sp³-hybridized carbons (Fsp3) is 0.364. The van der Waals surface area contributed by atoms with Crippen molar-refractivity contribution in [3.63, 3.8) is 0 Å². The maximum atomic E-state index is 12.7. The molecule has 1 heterocycles. The van der Waals surface area contributed by atoms with Crippen molar-refractivity contribution in [2.24, 2.45) is 0 Å². The zero-order chi connectivity index (χ0) is 23.1. The number of amides is 2. The van der Waals surface area contributed by atoms with E-state index in [1.807, 2.05) is 0 Å². The molecule has 1 saturated heterocycles. The van der Waals surface area contributed by atoms with Gasteiger partial charge in [0.2, 0.25) is 15.9 Å². The van der Waals surface area contributed by atoms with Crippen LogP contribution in [0.25, 0.3) is 0 Å². The van der Waals surface area contributed by atoms with E-state index >= 15 is 0 Å². The predicted octanol–water partition coefficient (Wildman–Crippen LogP) is 2.01. The Kier molecular flexibility index (Phi) is 7.70. The summed E-state index contributed by atoms with van der Waals surface area (Å²) in [6, 6.07) is 12.9. The number of methoxy groups -OCH3 is 1. The van der Waals surface area contributed by atoms with Gasteiger partial charge in [-0.2, -0.15) is 0 Å². The van der Waals surface area contributed by atoms with Gasteiger partial charge in [0.25, 0.3) is 5.91 Å². The van der Waals surface area contributed by atoms with Crippen LogP contribution in [0.3, 0.4) is 0 Å². The fourth-order valence-electron chi connectivity index (χ4n) is 3.37. The molecule has 2 amide bonds. The SMILES string of the molecule is COc1ccc(N(CC(=O)Nc2ccccc2C(=O)NC[C@@H]2CCCO2)S(C)(=O)=O)cc1. The molecule has 32 heavy (non-hydrogen) atoms. The number of para-hydroxylation sites is 1. The van der Waals surface area contributed by atoms with Gasteiger partial charge in [-0.1, -0.05) is 12.1 Å². The van der Waals surface area contributed by atoms with Gasteiger partial charge in [-0.25, -0.2) is 8.42 Å². The first-order chi connectivity index (χ1) is 15.3. The van der Waals surface area contributed by atoms with Crippen LogP contribution in [-0.2, 0) is 19.6 Å². The molecule has 172 valence electrons. The van der Waals surface area contributed by atoms with Crippen molar-refractivity contribution in [1.29, 1.82) is 0 Å². The lowest BCUT2D eigenvalue weighted by atomic mass is 10.1. The molecular weight excluding hydrogens is 434 g/mol. The number of hydrogen-bond acceptors (Lipinski definition) is 6. The summed E-state index contributed by atoms with van der Waals surface area (Å²) in [6.45, 7) is 0.635. The lowest BCUT2D eigenvalue weighted by Gasteiger charge is -2.22. The second kappa shape index (κ2) is 10.5. The molecule has 1 fully saturated rings. The van der Waals surface area contributed by atoms with Crippen LogP contribution in [0.1, 0.15) is 23.2 Å². The van der Waals surface area contributed by atoms with Gasteiger partial charge in [0.15, 0.2) is 0 Å². The average Bonchev–Trinajstić information content (AvgIpc) is 3.29. The van der Waals surface area contributed by atoms with Gasteiger partial charge < -0.3 is 20.1 Å². The molecule has 9 nitrogen and oxygen atoms in total. The molecule has 0 radical (unpaired) electrons. The standard InChI is InChI=1S/C22H27N3O6S/c1-30-17-11-9-16(10-12-17)25(32(2,28)29)15-21(26)24-20-8-4-3-7-19(20)22(27)23-14-18-6-5-13-31-18/h3-4,7-12,18H,5-6,13-15H2,1-2H3,(H,23,27)(H,24,26)/t18-/m0/s1. The average molecular weight is 462 g/mol. The summed E-state index contributed by atoms with van der Waals surface area (Å²) in [7, 11) is -2.23. The smallest absolute Gasteiger partial charge is 0.253 e. The highest BCUT2D eigenvalue weighted by molar-refractivity contribution is 7.92. The first-order valence-corrected chi connectivity index (χ1v) is 12.0. The number of ether oxygens (including phenoxy) is 2. The molecular formula is C22H27N3O6S. The van der Waals surface area contributed by atoms with E-state index in [1.54, 1.807) is 48.5 Å². The summed E-state index contributed by atoms with van der Waals surface area (Å²) >= 11 is 0. The molecule has 0 aromatic heterocycles. The molecule has 2 aromatic carbocycles. The van der Waals surface area contributed by atoms with E-state index in [1.165, 1.54) is 7.11 Å². The topological polar surface area (TPSA) is 114 Å². The van der Waals surface area contributed by atoms with Gasteiger partial charge in [-0.05, 0) is 49.2 Å². The quantitative estimate of drug-likeness (QED) is 0.591. The summed E-state index contributed by atoms with van der Waals surface area (Å²) in [5.41, 5.74) is 0.908. The van der Waals surface area contributed by atoms with Crippen LogP contribution in [0.2, 0.25) is 0 Å². The van der Waals surface area contributed by atoms with Gasteiger partial charge >= 0.3 is 0 Å². The van der Waals surface area contributed by atoms with Crippen LogP contribution >= 0.6 is 0 Å². The third kappa shape index (κ3) is 6.21. The third-order valence-electron chi connectivity index (χ3n) is 5.01. The normalized spacial score (nSPS) is 15.8. The van der Waals surface area contributed by atoms with Crippen LogP contribution in [0, 0.1) is 0 Å². The number of rotatable bonds is 9. The summed E-state index contributed by atoms with van der Waals surface area (Å²) in [5, 5.41) is 5.48. The Balaban J connectivity index is 1.70. The second-order valence-corrected chi connectivity index (χ2v) is 9.31. The predicted molar refractivity (Wildman–Crippen MR) is 122 cm³/mol. The highest BCUT2D eigenvalue weighted by Crippen LogP contribution is 2.22. The Morgan fingerprint density at radius 3 is 2.50 bits per heavy atom. The lowest BCUT2D eigenvalue weighted by Crippen LogP contribution is -2.38. The number of nitrogens with one attached hydrogen (secondary N) is 2. The number of carbonyl (C=O) groups excluding carboxylic acids is 2. The van der Waals surface area contributed by atoms with E-state index in [0.29, 0.717) is 30.3 Å². The molecule has 2 N–H and O–H groups in total. The van der Waals surface area contributed by atoms with E-state index in [-0.39, 0.29) is 17.6 Å². The lowest BCUT2D eigenvalue weighted by molar-refractivity contribution is -0.114. The monoisotopic (exact) mass is 461 g/mol. The highest BCUT2D eigenvalue weighted by Gasteiger charge is 2.23. The highest BCUT2D eigenvalue weighted by atomic mass is 32.2. The Hall–Kier alpha value is -3.11. The molecule has 1 atom stereocenters. The minimum absolute atomic E-state index is 0.00600. The first-order valence-electron chi connectivity index (χ1n) is 10.2. The van der Waals surface area contributed by atoms with E-state index < -0.39 is 22.5 Å². The molecule has 0 spiro atoms. The molecule has 3 rings (SSSR count). The Bertz CT molecular complexity index is 1050. The zero-order valence-electron chi connectivity index (χ0n) is 18.0. The van der Waals surface area contributed by atoms with Crippen molar-refractivity contribution in [3.05, 3.63) is 54.1 Å². The van der Waals surface area contributed by atoms with Crippen molar-refractivity contribution in [2.45, 2.75) is 18.9 Å². The van der Waals surface area contributed by atoms with E-state index in [2.05, 4.69) is 10.6 Å². The molecule has 10 heteroatoms. The maximum absolute atomic E-state index is 12.7. The minimum Gasteiger partial charge on any atom is -0.497 e. The number of sulfonamides is 1. The largest absolute Gasteiger partial charge is 0.497 e. The van der Waals surface area contributed by atoms with Crippen LogP contribution in [0.4, 0.5) is 11.4 Å². The Labute approximate surface area is 187 Å². The first kappa shape index (κ1) is 23.6. The zero-order valence-corrected chi connectivity index (χ0v) is 18.9. The number of hydrogen-bond donors (Lipinski definition) is 2. The van der Waals surface area contributed by atoms with Crippen LogP contribution < -0.4 is 19.7 Å². The van der Waals surface area contributed by atoms with Crippen molar-refractivity contribution in [1.82, 2.24) is 5.32 Å². The van der Waals surface area contributed by atoms with Gasteiger partial charge in [0, 0.05) is 13.2 Å². The van der Waals surface area contributed by atoms with Crippen molar-refractivity contribution >= 4 is 33.2 Å². The van der Waals surface area contributed by atoms with Crippen molar-refractivity contribution in [2.75, 3.05) is 42.7 Å². The Morgan fingerprint density at radius 2 is 1.88 bits per heavy atom. The van der Waals surface area contributed by atoms with Crippen LogP contribution in [0.15, 0.2) is 48.5 Å². The van der Waals surface area contributed by atoms with Crippen molar-refractivity contribution < 1.29 is 27.5 Å². The molecule has 1 aliphatic rings. The maximum Gasteiger partial charge on any atom is 0.253 e. The number of nitrogens with zero attached hydrogens (tertiary/aromatic N) is 1. The number of anilines is 2. The van der Waals surface area contributed by atoms with Gasteiger partial charge in [0.05, 0.1) is 36.4 Å². The van der Waals surface area contributed by atoms with Gasteiger partial charge in [-0.3, -0.25) is 13.9 Å². The number of benzene rings is 2. The van der Waals surface area contributed by atoms with E-state index in [9.17, 15) is 18.0 Å². The summed E-state index contributed by atoms with van der Waals surface area (Å²) in [4.78, 5) is 25.3. The summed E-state index contributed by atoms with van der Waals surface area (Å²) in [6.07, 6.45) is 2.88. The molecule has 0 unspecified atom stereocenters. The molecule has 0 bridgehead atoms. The second-order valence-electron chi connectivity index (χ2n) is 7.41. The minimum atomic E-state index is -3.73. The summed E-state index contributed by atoms with van der Waals surface area (Å²) < 4.78 is 36.2. The van der Waals surface area contributed by atoms with Crippen LogP contribution in [-0.4, -0.2) is 59.4 Å². The third-order valence-corrected chi connectivity index (χ3v) is 6.15. The van der Waals surface area contributed by atoms with Crippen LogP contribution in [0.5, 0.6) is 5.75 Å². The summed E-state index contributed by atoms with van der Waals surface area (Å²) in [5.74, 6) is -0.355. The Morgan fingerprint density at radius 1 is 1.16 bits per heavy atom. The van der Waals surface area contributed by atoms with Crippen molar-refractivity contribution in [3.8, 4) is 5.75 Å². The number of carbonyl (C=O) groups is 2. The molecule has 2 aromatic rings. The van der Waals surface area contributed by atoms with Gasteiger partial charge in [0.1, 0.15) is 12.3 Å². The molecule has 1 aliphatic heterocycles. The fourth-order valence-corrected chi connectivity index (χ4v) is 4.22. The molecule has 0 saturated carbocycles. The van der Waals surface area contributed by atoms with E-state index in [0.717, 1.165) is 23.4 Å².